The van der Waals surface area contributed by atoms with Gasteiger partial charge in [0.15, 0.2) is 0 Å². The largest absolute Gasteiger partial charge is 0.385 e. The van der Waals surface area contributed by atoms with Gasteiger partial charge in [0.25, 0.3) is 0 Å². The van der Waals surface area contributed by atoms with Crippen LogP contribution in [-0.2, 0) is 9.53 Å². The van der Waals surface area contributed by atoms with Gasteiger partial charge >= 0.3 is 0 Å². The number of nitrogens with one attached hydrogen (secondary N) is 1. The molecule has 1 fully saturated rings. The Bertz CT molecular complexity index is 248. The molecule has 0 aromatic rings. The van der Waals surface area contributed by atoms with Crippen molar-refractivity contribution in [2.75, 3.05) is 39.9 Å². The molecule has 1 rings (SSSR count). The maximum absolute atomic E-state index is 11.8. The van der Waals surface area contributed by atoms with Crippen molar-refractivity contribution in [3.8, 4) is 0 Å². The standard InChI is InChI=1S/C13H27N3O2/c1-11-4-5-12(8-14)9-16(11)10-13(17)15-6-3-7-18-2/h11-12H,3-10,14H2,1-2H3,(H,15,17). The molecule has 0 radical (unpaired) electrons. The second-order valence-electron chi connectivity index (χ2n) is 5.15. The van der Waals surface area contributed by atoms with Crippen LogP contribution >= 0.6 is 0 Å². The van der Waals surface area contributed by atoms with E-state index in [-0.39, 0.29) is 5.91 Å². The predicted octanol–water partition coefficient (Wildman–Crippen LogP) is 0.198. The fourth-order valence-electron chi connectivity index (χ4n) is 2.36. The molecule has 0 aliphatic carbocycles. The summed E-state index contributed by atoms with van der Waals surface area (Å²) in [6, 6.07) is 0.484. The number of hydrogen-bond donors (Lipinski definition) is 2. The Labute approximate surface area is 110 Å². The number of carbonyl (C=O) groups excluding carboxylic acids is 1. The van der Waals surface area contributed by atoms with Crippen LogP contribution in [-0.4, -0.2) is 56.7 Å². The molecule has 0 saturated carbocycles. The minimum atomic E-state index is 0.107. The van der Waals surface area contributed by atoms with Gasteiger partial charge in [0.05, 0.1) is 6.54 Å². The molecule has 5 heteroatoms. The second-order valence-corrected chi connectivity index (χ2v) is 5.15. The number of likely N-dealkylation sites (tertiary alicyclic amines) is 1. The van der Waals surface area contributed by atoms with E-state index in [0.29, 0.717) is 31.7 Å². The van der Waals surface area contributed by atoms with E-state index < -0.39 is 0 Å². The van der Waals surface area contributed by atoms with Crippen molar-refractivity contribution >= 4 is 5.91 Å². The minimum Gasteiger partial charge on any atom is -0.385 e. The summed E-state index contributed by atoms with van der Waals surface area (Å²) in [5, 5.41) is 2.93. The molecule has 3 N–H and O–H groups in total. The summed E-state index contributed by atoms with van der Waals surface area (Å²) in [7, 11) is 1.67. The molecule has 5 nitrogen and oxygen atoms in total. The first kappa shape index (κ1) is 15.4. The lowest BCUT2D eigenvalue weighted by Gasteiger charge is -2.37. The van der Waals surface area contributed by atoms with Crippen LogP contribution in [0.25, 0.3) is 0 Å². The molecule has 2 unspecified atom stereocenters. The summed E-state index contributed by atoms with van der Waals surface area (Å²) < 4.78 is 4.94. The smallest absolute Gasteiger partial charge is 0.234 e. The molecular formula is C13H27N3O2. The van der Waals surface area contributed by atoms with Crippen LogP contribution in [0, 0.1) is 5.92 Å². The fourth-order valence-corrected chi connectivity index (χ4v) is 2.36. The topological polar surface area (TPSA) is 67.6 Å². The van der Waals surface area contributed by atoms with Crippen LogP contribution in [0.3, 0.4) is 0 Å². The highest BCUT2D eigenvalue weighted by molar-refractivity contribution is 5.78. The molecule has 1 aliphatic heterocycles. The number of amides is 1. The molecule has 1 aliphatic rings. The summed E-state index contributed by atoms with van der Waals surface area (Å²) in [4.78, 5) is 14.0. The van der Waals surface area contributed by atoms with E-state index in [9.17, 15) is 4.79 Å². The van der Waals surface area contributed by atoms with Gasteiger partial charge in [-0.15, -0.1) is 0 Å². The highest BCUT2D eigenvalue weighted by atomic mass is 16.5. The number of rotatable bonds is 7. The Balaban J connectivity index is 2.24. The van der Waals surface area contributed by atoms with Crippen LogP contribution < -0.4 is 11.1 Å². The third kappa shape index (κ3) is 5.33. The minimum absolute atomic E-state index is 0.107. The first-order chi connectivity index (χ1) is 8.67. The molecule has 0 spiro atoms. The maximum Gasteiger partial charge on any atom is 0.234 e. The van der Waals surface area contributed by atoms with Crippen molar-refractivity contribution in [3.05, 3.63) is 0 Å². The number of nitrogens with two attached hydrogens (primary N) is 1. The highest BCUT2D eigenvalue weighted by Crippen LogP contribution is 2.20. The normalized spacial score (nSPS) is 25.1. The Kier molecular flexibility index (Phi) is 7.23. The van der Waals surface area contributed by atoms with Gasteiger partial charge < -0.3 is 15.8 Å². The highest BCUT2D eigenvalue weighted by Gasteiger charge is 2.25. The quantitative estimate of drug-likeness (QED) is 0.639. The van der Waals surface area contributed by atoms with Gasteiger partial charge in [0.1, 0.15) is 0 Å². The summed E-state index contributed by atoms with van der Waals surface area (Å²) in [6.45, 7) is 5.72. The molecule has 18 heavy (non-hydrogen) atoms. The second kappa shape index (κ2) is 8.45. The lowest BCUT2D eigenvalue weighted by Crippen LogP contribution is -2.48. The van der Waals surface area contributed by atoms with Gasteiger partial charge in [-0.25, -0.2) is 0 Å². The zero-order valence-electron chi connectivity index (χ0n) is 11.7. The number of methoxy groups -OCH3 is 1. The summed E-state index contributed by atoms with van der Waals surface area (Å²) in [6.07, 6.45) is 3.19. The lowest BCUT2D eigenvalue weighted by atomic mass is 9.93. The van der Waals surface area contributed by atoms with Crippen LogP contribution in [0.2, 0.25) is 0 Å². The van der Waals surface area contributed by atoms with E-state index in [1.54, 1.807) is 7.11 Å². The molecule has 2 atom stereocenters. The van der Waals surface area contributed by atoms with Gasteiger partial charge in [0.2, 0.25) is 5.91 Å². The average Bonchev–Trinajstić information content (AvgIpc) is 2.37. The van der Waals surface area contributed by atoms with Gasteiger partial charge in [-0.3, -0.25) is 9.69 Å². The van der Waals surface area contributed by atoms with E-state index in [1.165, 1.54) is 6.42 Å². The van der Waals surface area contributed by atoms with Crippen molar-refractivity contribution < 1.29 is 9.53 Å². The maximum atomic E-state index is 11.8. The summed E-state index contributed by atoms with van der Waals surface area (Å²) >= 11 is 0. The van der Waals surface area contributed by atoms with Crippen LogP contribution in [0.5, 0.6) is 0 Å². The van der Waals surface area contributed by atoms with Crippen LogP contribution in [0.4, 0.5) is 0 Å². The third-order valence-corrected chi connectivity index (χ3v) is 3.64. The zero-order chi connectivity index (χ0) is 13.4. The summed E-state index contributed by atoms with van der Waals surface area (Å²) in [5.74, 6) is 0.651. The number of hydrogen-bond acceptors (Lipinski definition) is 4. The van der Waals surface area contributed by atoms with E-state index in [2.05, 4.69) is 17.1 Å². The van der Waals surface area contributed by atoms with Crippen molar-refractivity contribution in [2.24, 2.45) is 11.7 Å². The van der Waals surface area contributed by atoms with Gasteiger partial charge in [-0.1, -0.05) is 0 Å². The molecule has 0 aromatic carbocycles. The number of carbonyl (C=O) groups is 1. The van der Waals surface area contributed by atoms with E-state index in [0.717, 1.165) is 25.9 Å². The first-order valence-electron chi connectivity index (χ1n) is 6.87. The monoisotopic (exact) mass is 257 g/mol. The van der Waals surface area contributed by atoms with Crippen LogP contribution in [0.15, 0.2) is 0 Å². The predicted molar refractivity (Wildman–Crippen MR) is 72.3 cm³/mol. The van der Waals surface area contributed by atoms with E-state index in [4.69, 9.17) is 10.5 Å². The molecule has 0 bridgehead atoms. The third-order valence-electron chi connectivity index (χ3n) is 3.64. The Hall–Kier alpha value is -0.650. The van der Waals surface area contributed by atoms with Gasteiger partial charge in [0, 0.05) is 32.8 Å². The summed E-state index contributed by atoms with van der Waals surface area (Å²) in [5.41, 5.74) is 5.71. The molecule has 1 saturated heterocycles. The molecule has 106 valence electrons. The molecule has 1 amide bonds. The number of piperidine rings is 1. The Morgan fingerprint density at radius 3 is 2.94 bits per heavy atom. The SMILES string of the molecule is COCCCNC(=O)CN1CC(CN)CCC1C. The Morgan fingerprint density at radius 1 is 1.50 bits per heavy atom. The van der Waals surface area contributed by atoms with E-state index in [1.807, 2.05) is 0 Å². The van der Waals surface area contributed by atoms with Crippen molar-refractivity contribution in [2.45, 2.75) is 32.2 Å². The zero-order valence-corrected chi connectivity index (χ0v) is 11.7. The van der Waals surface area contributed by atoms with Crippen molar-refractivity contribution in [1.82, 2.24) is 10.2 Å². The lowest BCUT2D eigenvalue weighted by molar-refractivity contribution is -0.123. The molecule has 1 heterocycles. The van der Waals surface area contributed by atoms with E-state index >= 15 is 0 Å². The van der Waals surface area contributed by atoms with Crippen molar-refractivity contribution in [3.63, 3.8) is 0 Å². The van der Waals surface area contributed by atoms with Gasteiger partial charge in [-0.2, -0.15) is 0 Å². The fraction of sp³-hybridized carbons (Fsp3) is 0.923. The van der Waals surface area contributed by atoms with Crippen LogP contribution in [0.1, 0.15) is 26.2 Å². The van der Waals surface area contributed by atoms with Crippen molar-refractivity contribution in [1.29, 1.82) is 0 Å². The van der Waals surface area contributed by atoms with Gasteiger partial charge in [-0.05, 0) is 38.6 Å². The molecular weight excluding hydrogens is 230 g/mol. The number of ether oxygens (including phenoxy) is 1. The Morgan fingerprint density at radius 2 is 2.28 bits per heavy atom. The number of nitrogens with zero attached hydrogens (tertiary/aromatic N) is 1. The first-order valence-corrected chi connectivity index (χ1v) is 6.87. The average molecular weight is 257 g/mol. The molecule has 0 aromatic heterocycles.